The number of rotatable bonds is 2. The van der Waals surface area contributed by atoms with Crippen molar-refractivity contribution >= 4 is 23.1 Å². The lowest BCUT2D eigenvalue weighted by atomic mass is 10.3. The Labute approximate surface area is 116 Å². The van der Waals surface area contributed by atoms with Gasteiger partial charge in [-0.3, -0.25) is 4.79 Å². The predicted octanol–water partition coefficient (Wildman–Crippen LogP) is 3.52. The van der Waals surface area contributed by atoms with E-state index in [4.69, 9.17) is 0 Å². The number of benzene rings is 2. The van der Waals surface area contributed by atoms with Crippen LogP contribution in [0.2, 0.25) is 0 Å². The number of nitrogens with zero attached hydrogens (tertiary/aromatic N) is 4. The summed E-state index contributed by atoms with van der Waals surface area (Å²) < 4.78 is 0. The molecule has 0 unspecified atom stereocenters. The van der Waals surface area contributed by atoms with Crippen LogP contribution < -0.4 is 5.01 Å². The van der Waals surface area contributed by atoms with Gasteiger partial charge in [0, 0.05) is 0 Å². The maximum Gasteiger partial charge on any atom is 0.255 e. The van der Waals surface area contributed by atoms with E-state index in [0.29, 0.717) is 5.84 Å². The molecule has 1 amide bonds. The molecule has 0 saturated carbocycles. The van der Waals surface area contributed by atoms with Gasteiger partial charge in [-0.25, -0.2) is 0 Å². The Bertz CT molecular complexity index is 665. The second kappa shape index (κ2) is 5.44. The van der Waals surface area contributed by atoms with E-state index in [9.17, 15) is 4.79 Å². The Balaban J connectivity index is 1.79. The van der Waals surface area contributed by atoms with Crippen molar-refractivity contribution in [2.75, 3.05) is 5.01 Å². The van der Waals surface area contributed by atoms with Crippen molar-refractivity contribution in [1.82, 2.24) is 0 Å². The van der Waals surface area contributed by atoms with Gasteiger partial charge in [-0.05, 0) is 24.3 Å². The number of azo groups is 1. The molecule has 1 heterocycles. The van der Waals surface area contributed by atoms with Crippen molar-refractivity contribution in [2.45, 2.75) is 6.42 Å². The molecule has 2 aromatic rings. The van der Waals surface area contributed by atoms with Crippen LogP contribution in [-0.2, 0) is 4.79 Å². The molecular formula is C15H12N4O. The molecule has 0 N–H and O–H groups in total. The second-order valence-corrected chi connectivity index (χ2v) is 4.27. The number of anilines is 1. The van der Waals surface area contributed by atoms with Gasteiger partial charge in [-0.2, -0.15) is 5.01 Å². The number of hydrogen-bond acceptors (Lipinski definition) is 4. The van der Waals surface area contributed by atoms with Crippen molar-refractivity contribution in [2.24, 2.45) is 15.3 Å². The quantitative estimate of drug-likeness (QED) is 0.765. The number of para-hydroxylation sites is 1. The van der Waals surface area contributed by atoms with Crippen LogP contribution in [-0.4, -0.2) is 11.7 Å². The van der Waals surface area contributed by atoms with E-state index in [-0.39, 0.29) is 12.3 Å². The van der Waals surface area contributed by atoms with Gasteiger partial charge < -0.3 is 0 Å². The van der Waals surface area contributed by atoms with E-state index in [1.165, 1.54) is 5.01 Å². The van der Waals surface area contributed by atoms with E-state index in [2.05, 4.69) is 15.3 Å². The molecule has 0 aromatic heterocycles. The average Bonchev–Trinajstić information content (AvgIpc) is 2.88. The Morgan fingerprint density at radius 2 is 1.55 bits per heavy atom. The van der Waals surface area contributed by atoms with Gasteiger partial charge in [0.25, 0.3) is 5.91 Å². The molecule has 5 nitrogen and oxygen atoms in total. The zero-order valence-corrected chi connectivity index (χ0v) is 10.7. The SMILES string of the molecule is O=C1CC(N=Nc2ccccc2)=NN1c1ccccc1. The molecular weight excluding hydrogens is 252 g/mol. The number of carbonyl (C=O) groups is 1. The minimum Gasteiger partial charge on any atom is -0.272 e. The number of hydrazone groups is 1. The van der Waals surface area contributed by atoms with Gasteiger partial charge in [0.15, 0.2) is 5.84 Å². The highest BCUT2D eigenvalue weighted by Gasteiger charge is 2.25. The maximum absolute atomic E-state index is 11.9. The molecule has 0 bridgehead atoms. The van der Waals surface area contributed by atoms with Gasteiger partial charge in [-0.15, -0.1) is 15.3 Å². The molecule has 0 spiro atoms. The fourth-order valence-corrected chi connectivity index (χ4v) is 1.85. The van der Waals surface area contributed by atoms with Crippen LogP contribution in [0.15, 0.2) is 76.0 Å². The molecule has 0 atom stereocenters. The standard InChI is InChI=1S/C15H12N4O/c20-15-11-14(17-16-12-7-3-1-4-8-12)18-19(15)13-9-5-2-6-10-13/h1-10H,11H2. The summed E-state index contributed by atoms with van der Waals surface area (Å²) >= 11 is 0. The smallest absolute Gasteiger partial charge is 0.255 e. The summed E-state index contributed by atoms with van der Waals surface area (Å²) in [7, 11) is 0. The molecule has 0 fully saturated rings. The first kappa shape index (κ1) is 12.2. The molecule has 98 valence electrons. The molecule has 2 aromatic carbocycles. The van der Waals surface area contributed by atoms with E-state index in [0.717, 1.165) is 11.4 Å². The third-order valence-electron chi connectivity index (χ3n) is 2.80. The van der Waals surface area contributed by atoms with Crippen LogP contribution in [0.25, 0.3) is 0 Å². The molecule has 3 rings (SSSR count). The van der Waals surface area contributed by atoms with Crippen LogP contribution in [0.4, 0.5) is 11.4 Å². The highest BCUT2D eigenvalue weighted by Crippen LogP contribution is 2.21. The van der Waals surface area contributed by atoms with E-state index in [1.54, 1.807) is 0 Å². The minimum atomic E-state index is -0.0989. The number of amides is 1. The van der Waals surface area contributed by atoms with Gasteiger partial charge in [0.2, 0.25) is 0 Å². The van der Waals surface area contributed by atoms with Crippen molar-refractivity contribution < 1.29 is 4.79 Å². The monoisotopic (exact) mass is 264 g/mol. The van der Waals surface area contributed by atoms with Gasteiger partial charge >= 0.3 is 0 Å². The second-order valence-electron chi connectivity index (χ2n) is 4.27. The van der Waals surface area contributed by atoms with Gasteiger partial charge in [-0.1, -0.05) is 36.4 Å². The summed E-state index contributed by atoms with van der Waals surface area (Å²) in [6.07, 6.45) is 0.172. The number of amidine groups is 1. The summed E-state index contributed by atoms with van der Waals surface area (Å²) in [5.74, 6) is 0.320. The highest BCUT2D eigenvalue weighted by molar-refractivity contribution is 6.12. The zero-order valence-electron chi connectivity index (χ0n) is 10.7. The van der Waals surface area contributed by atoms with E-state index >= 15 is 0 Å². The first-order valence-corrected chi connectivity index (χ1v) is 6.25. The number of carbonyl (C=O) groups excluding carboxylic acids is 1. The summed E-state index contributed by atoms with van der Waals surface area (Å²) in [6, 6.07) is 18.6. The van der Waals surface area contributed by atoms with Crippen molar-refractivity contribution in [3.8, 4) is 0 Å². The maximum atomic E-state index is 11.9. The Kier molecular flexibility index (Phi) is 3.33. The fourth-order valence-electron chi connectivity index (χ4n) is 1.85. The summed E-state index contributed by atoms with van der Waals surface area (Å²) in [4.78, 5) is 11.9. The summed E-state index contributed by atoms with van der Waals surface area (Å²) in [6.45, 7) is 0. The molecule has 0 radical (unpaired) electrons. The van der Waals surface area contributed by atoms with Crippen LogP contribution in [0.1, 0.15) is 6.42 Å². The lowest BCUT2D eigenvalue weighted by Crippen LogP contribution is -2.19. The molecule has 1 aliphatic heterocycles. The first-order chi connectivity index (χ1) is 9.83. The van der Waals surface area contributed by atoms with Crippen molar-refractivity contribution in [3.63, 3.8) is 0 Å². The van der Waals surface area contributed by atoms with Crippen LogP contribution in [0.5, 0.6) is 0 Å². The van der Waals surface area contributed by atoms with E-state index < -0.39 is 0 Å². The van der Waals surface area contributed by atoms with E-state index in [1.807, 2.05) is 60.7 Å². The van der Waals surface area contributed by atoms with Crippen LogP contribution in [0.3, 0.4) is 0 Å². The van der Waals surface area contributed by atoms with Crippen molar-refractivity contribution in [3.05, 3.63) is 60.7 Å². The third-order valence-corrected chi connectivity index (χ3v) is 2.80. The topological polar surface area (TPSA) is 57.4 Å². The minimum absolute atomic E-state index is 0.0989. The summed E-state index contributed by atoms with van der Waals surface area (Å²) in [5, 5.41) is 13.7. The Morgan fingerprint density at radius 1 is 0.900 bits per heavy atom. The predicted molar refractivity (Wildman–Crippen MR) is 76.9 cm³/mol. The molecule has 0 aliphatic carbocycles. The Hall–Kier alpha value is -2.82. The lowest BCUT2D eigenvalue weighted by molar-refractivity contribution is -0.116. The van der Waals surface area contributed by atoms with Crippen LogP contribution >= 0.6 is 0 Å². The zero-order chi connectivity index (χ0) is 13.8. The molecule has 20 heavy (non-hydrogen) atoms. The van der Waals surface area contributed by atoms with Gasteiger partial charge in [0.05, 0.1) is 17.8 Å². The highest BCUT2D eigenvalue weighted by atomic mass is 16.2. The first-order valence-electron chi connectivity index (χ1n) is 6.25. The lowest BCUT2D eigenvalue weighted by Gasteiger charge is -2.09. The largest absolute Gasteiger partial charge is 0.272 e. The average molecular weight is 264 g/mol. The normalized spacial score (nSPS) is 14.9. The third kappa shape index (κ3) is 2.61. The van der Waals surface area contributed by atoms with Crippen molar-refractivity contribution in [1.29, 1.82) is 0 Å². The Morgan fingerprint density at radius 3 is 2.25 bits per heavy atom. The fraction of sp³-hybridized carbons (Fsp3) is 0.0667. The molecule has 0 saturated heterocycles. The number of hydrogen-bond donors (Lipinski definition) is 0. The summed E-state index contributed by atoms with van der Waals surface area (Å²) in [5.41, 5.74) is 1.48. The van der Waals surface area contributed by atoms with Crippen LogP contribution in [0, 0.1) is 0 Å². The molecule has 1 aliphatic rings. The van der Waals surface area contributed by atoms with Gasteiger partial charge in [0.1, 0.15) is 0 Å². The molecule has 5 heteroatoms.